The molecule has 124 valence electrons. The number of rotatable bonds is 5. The van der Waals surface area contributed by atoms with Crippen LogP contribution < -0.4 is 4.72 Å². The van der Waals surface area contributed by atoms with Crippen molar-refractivity contribution in [3.63, 3.8) is 0 Å². The number of hydrogen-bond acceptors (Lipinski definition) is 2. The summed E-state index contributed by atoms with van der Waals surface area (Å²) in [6.45, 7) is 0.0904. The molecule has 2 aromatic carbocycles. The van der Waals surface area contributed by atoms with Crippen molar-refractivity contribution in [3.8, 4) is 0 Å². The first kappa shape index (κ1) is 17.8. The molecule has 0 fully saturated rings. The molecule has 0 atom stereocenters. The lowest BCUT2D eigenvalue weighted by atomic mass is 10.1. The maximum atomic E-state index is 12.5. The van der Waals surface area contributed by atoms with Gasteiger partial charge in [0.05, 0.1) is 10.5 Å². The van der Waals surface area contributed by atoms with Gasteiger partial charge in [-0.15, -0.1) is 0 Å². The minimum atomic E-state index is -4.50. The van der Waals surface area contributed by atoms with Crippen LogP contribution in [0, 0.1) is 0 Å². The van der Waals surface area contributed by atoms with Crippen LogP contribution >= 0.6 is 11.6 Å². The number of sulfonamides is 1. The third-order valence-corrected chi connectivity index (χ3v) is 4.98. The molecule has 0 spiro atoms. The van der Waals surface area contributed by atoms with Gasteiger partial charge < -0.3 is 0 Å². The Bertz CT molecular complexity index is 774. The lowest BCUT2D eigenvalue weighted by molar-refractivity contribution is -0.137. The molecule has 0 aromatic heterocycles. The molecule has 0 saturated carbocycles. The Morgan fingerprint density at radius 2 is 1.61 bits per heavy atom. The number of alkyl halides is 3. The summed E-state index contributed by atoms with van der Waals surface area (Å²) in [5.74, 6) is 0. The molecule has 1 N–H and O–H groups in total. The topological polar surface area (TPSA) is 46.2 Å². The van der Waals surface area contributed by atoms with E-state index in [1.54, 1.807) is 24.3 Å². The highest BCUT2D eigenvalue weighted by Gasteiger charge is 2.30. The summed E-state index contributed by atoms with van der Waals surface area (Å²) in [6.07, 6.45) is -4.13. The van der Waals surface area contributed by atoms with E-state index < -0.39 is 21.8 Å². The molecule has 0 aliphatic carbocycles. The maximum Gasteiger partial charge on any atom is 0.416 e. The minimum Gasteiger partial charge on any atom is -0.211 e. The number of halogens is 4. The van der Waals surface area contributed by atoms with E-state index in [1.807, 2.05) is 0 Å². The van der Waals surface area contributed by atoms with Gasteiger partial charge in [0.25, 0.3) is 0 Å². The van der Waals surface area contributed by atoms with Crippen LogP contribution in [0.4, 0.5) is 13.2 Å². The van der Waals surface area contributed by atoms with E-state index in [1.165, 1.54) is 0 Å². The van der Waals surface area contributed by atoms with Gasteiger partial charge in [-0.3, -0.25) is 0 Å². The molecule has 0 aliphatic heterocycles. The average molecular weight is 364 g/mol. The Kier molecular flexibility index (Phi) is 5.33. The molecule has 0 heterocycles. The second-order valence-electron chi connectivity index (χ2n) is 4.76. The summed E-state index contributed by atoms with van der Waals surface area (Å²) in [6, 6.07) is 10.4. The summed E-state index contributed by atoms with van der Waals surface area (Å²) in [7, 11) is -3.87. The predicted molar refractivity (Wildman–Crippen MR) is 81.8 cm³/mol. The molecule has 0 amide bonds. The van der Waals surface area contributed by atoms with Crippen molar-refractivity contribution >= 4 is 21.6 Å². The van der Waals surface area contributed by atoms with Gasteiger partial charge in [-0.1, -0.05) is 29.8 Å². The quantitative estimate of drug-likeness (QED) is 0.876. The van der Waals surface area contributed by atoms with Gasteiger partial charge in [0.15, 0.2) is 0 Å². The minimum absolute atomic E-state index is 0.0904. The largest absolute Gasteiger partial charge is 0.416 e. The number of nitrogens with one attached hydrogen (secondary N) is 1. The second kappa shape index (κ2) is 6.90. The maximum absolute atomic E-state index is 12.5. The van der Waals surface area contributed by atoms with Crippen molar-refractivity contribution in [2.24, 2.45) is 0 Å². The van der Waals surface area contributed by atoms with E-state index in [0.29, 0.717) is 11.4 Å². The van der Waals surface area contributed by atoms with Crippen LogP contribution in [0.3, 0.4) is 0 Å². The number of benzene rings is 2. The molecule has 23 heavy (non-hydrogen) atoms. The molecular formula is C15H13ClF3NO2S. The molecular weight excluding hydrogens is 351 g/mol. The van der Waals surface area contributed by atoms with E-state index in [-0.39, 0.29) is 11.4 Å². The summed E-state index contributed by atoms with van der Waals surface area (Å²) >= 11 is 5.97. The zero-order chi connectivity index (χ0) is 17.1. The predicted octanol–water partition coefficient (Wildman–Crippen LogP) is 3.88. The standard InChI is InChI=1S/C15H13ClF3NO2S/c16-14-4-2-1-3-11(14)9-10-20-23(21,22)13-7-5-12(6-8-13)15(17,18)19/h1-8,20H,9-10H2. The van der Waals surface area contributed by atoms with Crippen LogP contribution in [-0.4, -0.2) is 15.0 Å². The summed E-state index contributed by atoms with van der Waals surface area (Å²) < 4.78 is 63.8. The monoisotopic (exact) mass is 363 g/mol. The van der Waals surface area contributed by atoms with Crippen LogP contribution in [0.1, 0.15) is 11.1 Å². The summed E-state index contributed by atoms with van der Waals surface area (Å²) in [5, 5.41) is 0.529. The summed E-state index contributed by atoms with van der Waals surface area (Å²) in [5.41, 5.74) is -0.114. The Balaban J connectivity index is 2.03. The van der Waals surface area contributed by atoms with Crippen LogP contribution in [0.15, 0.2) is 53.4 Å². The van der Waals surface area contributed by atoms with E-state index in [2.05, 4.69) is 4.72 Å². The normalized spacial score (nSPS) is 12.3. The Morgan fingerprint density at radius 1 is 1.00 bits per heavy atom. The van der Waals surface area contributed by atoms with Gasteiger partial charge in [-0.25, -0.2) is 13.1 Å². The molecule has 0 radical (unpaired) electrons. The Labute approximate surface area is 137 Å². The molecule has 3 nitrogen and oxygen atoms in total. The fourth-order valence-corrected chi connectivity index (χ4v) is 3.19. The molecule has 0 unspecified atom stereocenters. The van der Waals surface area contributed by atoms with Crippen LogP contribution in [0.25, 0.3) is 0 Å². The van der Waals surface area contributed by atoms with Crippen molar-refractivity contribution in [1.29, 1.82) is 0 Å². The smallest absolute Gasteiger partial charge is 0.211 e. The van der Waals surface area contributed by atoms with Crippen LogP contribution in [-0.2, 0) is 22.6 Å². The summed E-state index contributed by atoms with van der Waals surface area (Å²) in [4.78, 5) is -0.218. The SMILES string of the molecule is O=S(=O)(NCCc1ccccc1Cl)c1ccc(C(F)(F)F)cc1. The highest BCUT2D eigenvalue weighted by atomic mass is 35.5. The van der Waals surface area contributed by atoms with E-state index in [0.717, 1.165) is 29.8 Å². The van der Waals surface area contributed by atoms with Gasteiger partial charge in [-0.2, -0.15) is 13.2 Å². The highest BCUT2D eigenvalue weighted by Crippen LogP contribution is 2.29. The van der Waals surface area contributed by atoms with Crippen molar-refractivity contribution in [2.45, 2.75) is 17.5 Å². The molecule has 0 aliphatic rings. The first-order valence-electron chi connectivity index (χ1n) is 6.60. The van der Waals surface area contributed by atoms with Crippen molar-refractivity contribution in [1.82, 2.24) is 4.72 Å². The average Bonchev–Trinajstić information content (AvgIpc) is 2.48. The Hall–Kier alpha value is -1.57. The van der Waals surface area contributed by atoms with Gasteiger partial charge in [0, 0.05) is 11.6 Å². The fourth-order valence-electron chi connectivity index (χ4n) is 1.93. The second-order valence-corrected chi connectivity index (χ2v) is 6.94. The lowest BCUT2D eigenvalue weighted by Crippen LogP contribution is -2.26. The van der Waals surface area contributed by atoms with Crippen LogP contribution in [0.5, 0.6) is 0 Å². The molecule has 0 saturated heterocycles. The molecule has 2 aromatic rings. The first-order valence-corrected chi connectivity index (χ1v) is 8.46. The first-order chi connectivity index (χ1) is 10.7. The third-order valence-electron chi connectivity index (χ3n) is 3.14. The highest BCUT2D eigenvalue weighted by molar-refractivity contribution is 7.89. The Morgan fingerprint density at radius 3 is 2.17 bits per heavy atom. The number of hydrogen-bond donors (Lipinski definition) is 1. The lowest BCUT2D eigenvalue weighted by Gasteiger charge is -2.10. The van der Waals surface area contributed by atoms with Crippen molar-refractivity contribution in [3.05, 3.63) is 64.7 Å². The van der Waals surface area contributed by atoms with Gasteiger partial charge in [0.2, 0.25) is 10.0 Å². The molecule has 2 rings (SSSR count). The zero-order valence-electron chi connectivity index (χ0n) is 11.8. The van der Waals surface area contributed by atoms with Crippen LogP contribution in [0.2, 0.25) is 5.02 Å². The third kappa shape index (κ3) is 4.70. The molecule has 8 heteroatoms. The van der Waals surface area contributed by atoms with E-state index in [9.17, 15) is 21.6 Å². The molecule has 0 bridgehead atoms. The van der Waals surface area contributed by atoms with Gasteiger partial charge in [-0.05, 0) is 42.3 Å². The van der Waals surface area contributed by atoms with E-state index >= 15 is 0 Å². The van der Waals surface area contributed by atoms with E-state index in [4.69, 9.17) is 11.6 Å². The zero-order valence-corrected chi connectivity index (χ0v) is 13.3. The van der Waals surface area contributed by atoms with Gasteiger partial charge >= 0.3 is 6.18 Å². The van der Waals surface area contributed by atoms with Gasteiger partial charge in [0.1, 0.15) is 0 Å². The van der Waals surface area contributed by atoms with Crippen molar-refractivity contribution in [2.75, 3.05) is 6.54 Å². The van der Waals surface area contributed by atoms with Crippen molar-refractivity contribution < 1.29 is 21.6 Å². The fraction of sp³-hybridized carbons (Fsp3) is 0.200.